The second kappa shape index (κ2) is 8.15. The topological polar surface area (TPSA) is 70.7 Å². The predicted molar refractivity (Wildman–Crippen MR) is 103 cm³/mol. The van der Waals surface area contributed by atoms with Gasteiger partial charge in [-0.15, -0.1) is 0 Å². The molecule has 1 atom stereocenters. The Morgan fingerprint density at radius 3 is 2.34 bits per heavy atom. The molecule has 3 rings (SSSR count). The maximum atomic E-state index is 13.3. The van der Waals surface area contributed by atoms with Crippen LogP contribution in [0.4, 0.5) is 32.2 Å². The Kier molecular flexibility index (Phi) is 6.02. The second-order valence-corrected chi connectivity index (χ2v) is 8.42. The number of carbonyl (C=O) groups excluding carboxylic acids is 1. The Labute approximate surface area is 180 Å². The maximum absolute atomic E-state index is 13.3. The molecule has 2 aromatic rings. The molecular weight excluding hydrogens is 438 g/mol. The molecule has 0 aliphatic carbocycles. The molecule has 1 unspecified atom stereocenters. The molecule has 0 fully saturated rings. The summed E-state index contributed by atoms with van der Waals surface area (Å²) in [7, 11) is 0. The Morgan fingerprint density at radius 2 is 1.81 bits per heavy atom. The number of nitrogens with one attached hydrogen (secondary N) is 1. The van der Waals surface area contributed by atoms with Crippen LogP contribution in [0.5, 0.6) is 0 Å². The van der Waals surface area contributed by atoms with E-state index in [2.05, 4.69) is 10.4 Å². The molecule has 32 heavy (non-hydrogen) atoms. The van der Waals surface area contributed by atoms with Gasteiger partial charge in [0.15, 0.2) is 5.82 Å². The van der Waals surface area contributed by atoms with Gasteiger partial charge in [-0.3, -0.25) is 9.48 Å². The van der Waals surface area contributed by atoms with Gasteiger partial charge in [0.25, 0.3) is 0 Å². The normalized spacial score (nSPS) is 16.9. The van der Waals surface area contributed by atoms with Crippen LogP contribution in [0.1, 0.15) is 37.9 Å². The zero-order valence-electron chi connectivity index (χ0n) is 17.2. The van der Waals surface area contributed by atoms with Crippen molar-refractivity contribution in [3.05, 3.63) is 35.5 Å². The van der Waals surface area contributed by atoms with Crippen LogP contribution in [-0.4, -0.2) is 28.0 Å². The Bertz CT molecular complexity index is 1040. The minimum atomic E-state index is -4.62. The van der Waals surface area contributed by atoms with Crippen LogP contribution in [-0.2, 0) is 17.8 Å². The van der Waals surface area contributed by atoms with Crippen molar-refractivity contribution in [2.75, 3.05) is 5.32 Å². The molecule has 2 heterocycles. The Morgan fingerprint density at radius 1 is 1.19 bits per heavy atom. The van der Waals surface area contributed by atoms with E-state index >= 15 is 0 Å². The summed E-state index contributed by atoms with van der Waals surface area (Å²) in [6.45, 7) is 1.73. The highest BCUT2D eigenvalue weighted by Crippen LogP contribution is 2.42. The SMILES string of the molecule is CC(C)(CC(=O)Nc1nn2c(c1-c1ccc(C#N)cc1)CC(C(F)(F)F)CC2)C(F)(F)F. The molecular formula is C21H20F6N4O. The van der Waals surface area contributed by atoms with Gasteiger partial charge in [0.1, 0.15) is 0 Å². The summed E-state index contributed by atoms with van der Waals surface area (Å²) >= 11 is 0. The number of benzene rings is 1. The highest BCUT2D eigenvalue weighted by molar-refractivity contribution is 5.95. The molecule has 1 N–H and O–H groups in total. The van der Waals surface area contributed by atoms with Crippen LogP contribution in [0.25, 0.3) is 11.1 Å². The molecule has 0 saturated heterocycles. The van der Waals surface area contributed by atoms with Gasteiger partial charge < -0.3 is 5.32 Å². The third-order valence-corrected chi connectivity index (χ3v) is 5.58. The molecule has 0 spiro atoms. The van der Waals surface area contributed by atoms with Gasteiger partial charge in [-0.1, -0.05) is 26.0 Å². The molecule has 1 aromatic heterocycles. The average molecular weight is 458 g/mol. The van der Waals surface area contributed by atoms with Crippen molar-refractivity contribution in [1.29, 1.82) is 5.26 Å². The maximum Gasteiger partial charge on any atom is 0.394 e. The lowest BCUT2D eigenvalue weighted by molar-refractivity contribution is -0.213. The number of fused-ring (bicyclic) bond motifs is 1. The molecule has 1 amide bonds. The number of anilines is 1. The van der Waals surface area contributed by atoms with E-state index in [0.29, 0.717) is 11.1 Å². The van der Waals surface area contributed by atoms with Crippen molar-refractivity contribution < 1.29 is 31.1 Å². The van der Waals surface area contributed by atoms with Crippen LogP contribution >= 0.6 is 0 Å². The molecule has 0 bridgehead atoms. The molecule has 1 aliphatic rings. The Hall–Kier alpha value is -3.03. The third-order valence-electron chi connectivity index (χ3n) is 5.58. The van der Waals surface area contributed by atoms with Crippen LogP contribution in [0.3, 0.4) is 0 Å². The van der Waals surface area contributed by atoms with E-state index in [1.807, 2.05) is 6.07 Å². The van der Waals surface area contributed by atoms with Gasteiger partial charge in [-0.25, -0.2) is 0 Å². The number of halogens is 6. The molecule has 5 nitrogen and oxygen atoms in total. The zero-order chi connectivity index (χ0) is 23.9. The summed E-state index contributed by atoms with van der Waals surface area (Å²) in [4.78, 5) is 12.4. The summed E-state index contributed by atoms with van der Waals surface area (Å²) < 4.78 is 80.8. The number of nitrogens with zero attached hydrogens (tertiary/aromatic N) is 3. The van der Waals surface area contributed by atoms with Gasteiger partial charge in [-0.2, -0.15) is 36.7 Å². The fourth-order valence-electron chi connectivity index (χ4n) is 3.56. The highest BCUT2D eigenvalue weighted by atomic mass is 19.4. The molecule has 0 radical (unpaired) electrons. The first-order chi connectivity index (χ1) is 14.7. The monoisotopic (exact) mass is 458 g/mol. The number of amides is 1. The van der Waals surface area contributed by atoms with Crippen LogP contribution in [0, 0.1) is 22.7 Å². The lowest BCUT2D eigenvalue weighted by Crippen LogP contribution is -2.36. The highest BCUT2D eigenvalue weighted by Gasteiger charge is 2.48. The number of nitriles is 1. The molecule has 1 aliphatic heterocycles. The van der Waals surface area contributed by atoms with Crippen LogP contribution in [0.2, 0.25) is 0 Å². The van der Waals surface area contributed by atoms with Crippen molar-refractivity contribution in [3.8, 4) is 17.2 Å². The number of carbonyl (C=O) groups is 1. The number of hydrogen-bond donors (Lipinski definition) is 1. The number of aromatic nitrogens is 2. The van der Waals surface area contributed by atoms with E-state index < -0.39 is 36.0 Å². The third kappa shape index (κ3) is 4.74. The molecule has 172 valence electrons. The van der Waals surface area contributed by atoms with Crippen LogP contribution in [0.15, 0.2) is 24.3 Å². The first kappa shape index (κ1) is 23.6. The van der Waals surface area contributed by atoms with Gasteiger partial charge in [0.05, 0.1) is 23.0 Å². The van der Waals surface area contributed by atoms with E-state index in [-0.39, 0.29) is 36.5 Å². The Balaban J connectivity index is 2.00. The summed E-state index contributed by atoms with van der Waals surface area (Å²) in [5.74, 6) is -2.66. The van der Waals surface area contributed by atoms with Gasteiger partial charge in [-0.05, 0) is 24.1 Å². The van der Waals surface area contributed by atoms with Crippen molar-refractivity contribution in [2.24, 2.45) is 11.3 Å². The standard InChI is InChI=1S/C21H20F6N4O/c1-19(2,21(25,26)27)10-16(32)29-18-17(13-5-3-12(11-28)4-6-13)15-9-14(20(22,23)24)7-8-31(15)30-18/h3-6,14H,7-10H2,1-2H3,(H,29,30,32). The molecule has 0 saturated carbocycles. The largest absolute Gasteiger partial charge is 0.394 e. The van der Waals surface area contributed by atoms with E-state index in [1.165, 1.54) is 28.9 Å². The van der Waals surface area contributed by atoms with Gasteiger partial charge >= 0.3 is 12.4 Å². The van der Waals surface area contributed by atoms with Crippen LogP contribution < -0.4 is 5.32 Å². The van der Waals surface area contributed by atoms with Crippen molar-refractivity contribution in [1.82, 2.24) is 9.78 Å². The van der Waals surface area contributed by atoms with E-state index in [9.17, 15) is 31.1 Å². The summed E-state index contributed by atoms with van der Waals surface area (Å²) in [5, 5.41) is 15.5. The molecule has 1 aromatic carbocycles. The van der Waals surface area contributed by atoms with E-state index in [4.69, 9.17) is 5.26 Å². The first-order valence-electron chi connectivity index (χ1n) is 9.76. The van der Waals surface area contributed by atoms with E-state index in [0.717, 1.165) is 13.8 Å². The van der Waals surface area contributed by atoms with Gasteiger partial charge in [0, 0.05) is 30.6 Å². The number of hydrogen-bond acceptors (Lipinski definition) is 3. The number of aryl methyl sites for hydroxylation is 1. The smallest absolute Gasteiger partial charge is 0.309 e. The van der Waals surface area contributed by atoms with Crippen molar-refractivity contribution in [3.63, 3.8) is 0 Å². The van der Waals surface area contributed by atoms with Crippen molar-refractivity contribution >= 4 is 11.7 Å². The summed E-state index contributed by atoms with van der Waals surface area (Å²) in [6, 6.07) is 7.86. The fourth-order valence-corrected chi connectivity index (χ4v) is 3.56. The first-order valence-corrected chi connectivity index (χ1v) is 9.76. The minimum Gasteiger partial charge on any atom is -0.309 e. The molecule has 11 heteroatoms. The average Bonchev–Trinajstić information content (AvgIpc) is 3.02. The number of rotatable bonds is 4. The van der Waals surface area contributed by atoms with Gasteiger partial charge in [0.2, 0.25) is 5.91 Å². The lowest BCUT2D eigenvalue weighted by atomic mass is 9.88. The number of alkyl halides is 6. The van der Waals surface area contributed by atoms with E-state index in [1.54, 1.807) is 0 Å². The summed E-state index contributed by atoms with van der Waals surface area (Å²) in [6.07, 6.45) is -10.5. The second-order valence-electron chi connectivity index (χ2n) is 8.42. The fraction of sp³-hybridized carbons (Fsp3) is 0.476. The predicted octanol–water partition coefficient (Wildman–Crippen LogP) is 5.46. The minimum absolute atomic E-state index is 0.0489. The van der Waals surface area contributed by atoms with Crippen molar-refractivity contribution in [2.45, 2.75) is 52.0 Å². The quantitative estimate of drug-likeness (QED) is 0.619. The zero-order valence-corrected chi connectivity index (χ0v) is 17.2. The summed E-state index contributed by atoms with van der Waals surface area (Å²) in [5.41, 5.74) is -1.14. The lowest BCUT2D eigenvalue weighted by Gasteiger charge is -2.26.